The zero-order chi connectivity index (χ0) is 18.3. The van der Waals surface area contributed by atoms with Gasteiger partial charge in [-0.1, -0.05) is 12.1 Å². The molecule has 1 aromatic carbocycles. The average Bonchev–Trinajstić information content (AvgIpc) is 2.58. The van der Waals surface area contributed by atoms with Gasteiger partial charge in [-0.15, -0.1) is 11.8 Å². The van der Waals surface area contributed by atoms with E-state index in [-0.39, 0.29) is 11.1 Å². The summed E-state index contributed by atoms with van der Waals surface area (Å²) < 4.78 is 0. The molecule has 0 aromatic heterocycles. The Hall–Kier alpha value is -2.81. The SMILES string of the molecule is CC1=CS[C@H]2C(NC(=O)c3ccccc3C(=O)O)C(=O)N2C1C(=O)O. The molecule has 2 aliphatic rings. The number of carboxylic acid groups (broad SMARTS) is 2. The highest BCUT2D eigenvalue weighted by Gasteiger charge is 2.55. The molecule has 2 amide bonds. The second-order valence-corrected chi connectivity index (χ2v) is 6.67. The van der Waals surface area contributed by atoms with Gasteiger partial charge >= 0.3 is 11.9 Å². The fourth-order valence-corrected chi connectivity index (χ4v) is 4.08. The van der Waals surface area contributed by atoms with Crippen LogP contribution in [0.2, 0.25) is 0 Å². The molecule has 0 radical (unpaired) electrons. The summed E-state index contributed by atoms with van der Waals surface area (Å²) in [5.74, 6) is -3.56. The van der Waals surface area contributed by atoms with Gasteiger partial charge in [0.15, 0.2) is 6.04 Å². The van der Waals surface area contributed by atoms with Gasteiger partial charge in [0.05, 0.1) is 11.1 Å². The predicted molar refractivity (Wildman–Crippen MR) is 88.1 cm³/mol. The first kappa shape index (κ1) is 17.0. The zero-order valence-corrected chi connectivity index (χ0v) is 13.8. The first-order chi connectivity index (χ1) is 11.8. The number of amides is 2. The number of rotatable bonds is 4. The van der Waals surface area contributed by atoms with Crippen LogP contribution in [0.3, 0.4) is 0 Å². The number of benzene rings is 1. The number of thioether (sulfide) groups is 1. The highest BCUT2D eigenvalue weighted by molar-refractivity contribution is 8.02. The maximum Gasteiger partial charge on any atom is 0.336 e. The minimum atomic E-state index is -1.25. The standard InChI is InChI=1S/C16H14N2O6S/c1-7-6-25-14-10(13(20)18(14)11(7)16(23)24)17-12(19)8-4-2-3-5-9(8)15(21)22/h2-6,10-11,14H,1H3,(H,17,19)(H,21,22)(H,23,24)/t10?,11?,14-/m0/s1. The Kier molecular flexibility index (Phi) is 4.25. The van der Waals surface area contributed by atoms with Crippen LogP contribution < -0.4 is 5.32 Å². The molecule has 3 N–H and O–H groups in total. The van der Waals surface area contributed by atoms with Gasteiger partial charge in [0.2, 0.25) is 5.91 Å². The molecule has 3 rings (SSSR count). The number of β-lactam (4-membered cyclic amide) rings is 1. The highest BCUT2D eigenvalue weighted by atomic mass is 32.2. The van der Waals surface area contributed by atoms with Crippen molar-refractivity contribution in [1.82, 2.24) is 10.2 Å². The van der Waals surface area contributed by atoms with Gasteiger partial charge in [-0.05, 0) is 30.0 Å². The van der Waals surface area contributed by atoms with Gasteiger partial charge in [0, 0.05) is 0 Å². The van der Waals surface area contributed by atoms with E-state index in [1.807, 2.05) is 0 Å². The molecule has 2 heterocycles. The Morgan fingerprint density at radius 2 is 1.80 bits per heavy atom. The summed E-state index contributed by atoms with van der Waals surface area (Å²) in [5, 5.41) is 22.1. The van der Waals surface area contributed by atoms with Gasteiger partial charge in [-0.2, -0.15) is 0 Å². The number of carbonyl (C=O) groups is 4. The molecule has 0 spiro atoms. The van der Waals surface area contributed by atoms with Crippen LogP contribution >= 0.6 is 11.8 Å². The summed E-state index contributed by atoms with van der Waals surface area (Å²) in [4.78, 5) is 48.5. The van der Waals surface area contributed by atoms with Crippen molar-refractivity contribution in [2.24, 2.45) is 0 Å². The molecular formula is C16H14N2O6S. The lowest BCUT2D eigenvalue weighted by atomic mass is 9.98. The molecule has 1 saturated heterocycles. The van der Waals surface area contributed by atoms with E-state index in [0.717, 1.165) is 0 Å². The average molecular weight is 362 g/mol. The van der Waals surface area contributed by atoms with Crippen molar-refractivity contribution in [1.29, 1.82) is 0 Å². The van der Waals surface area contributed by atoms with Crippen molar-refractivity contribution in [3.05, 3.63) is 46.4 Å². The fourth-order valence-electron chi connectivity index (χ4n) is 2.90. The van der Waals surface area contributed by atoms with Crippen molar-refractivity contribution in [2.75, 3.05) is 0 Å². The lowest BCUT2D eigenvalue weighted by Gasteiger charge is -2.51. The van der Waals surface area contributed by atoms with E-state index in [9.17, 15) is 24.3 Å². The van der Waals surface area contributed by atoms with Gasteiger partial charge < -0.3 is 20.4 Å². The van der Waals surface area contributed by atoms with Crippen LogP contribution in [-0.2, 0) is 9.59 Å². The van der Waals surface area contributed by atoms with E-state index < -0.39 is 41.2 Å². The van der Waals surface area contributed by atoms with Crippen LogP contribution in [0.15, 0.2) is 35.2 Å². The molecule has 0 saturated carbocycles. The molecule has 1 fully saturated rings. The third kappa shape index (κ3) is 2.76. The van der Waals surface area contributed by atoms with Crippen molar-refractivity contribution >= 4 is 35.5 Å². The topological polar surface area (TPSA) is 124 Å². The van der Waals surface area contributed by atoms with Crippen LogP contribution in [0.5, 0.6) is 0 Å². The molecule has 2 aliphatic heterocycles. The second kappa shape index (κ2) is 6.25. The van der Waals surface area contributed by atoms with Crippen LogP contribution in [0, 0.1) is 0 Å². The summed E-state index contributed by atoms with van der Waals surface area (Å²) >= 11 is 1.25. The zero-order valence-electron chi connectivity index (χ0n) is 13.0. The summed E-state index contributed by atoms with van der Waals surface area (Å²) in [6.45, 7) is 1.63. The lowest BCUT2D eigenvalue weighted by molar-refractivity contribution is -0.158. The number of aliphatic carboxylic acids is 1. The van der Waals surface area contributed by atoms with E-state index in [4.69, 9.17) is 5.11 Å². The number of hydrogen-bond donors (Lipinski definition) is 3. The normalized spacial score (nSPS) is 24.7. The van der Waals surface area contributed by atoms with E-state index in [2.05, 4.69) is 5.32 Å². The summed E-state index contributed by atoms with van der Waals surface area (Å²) in [7, 11) is 0. The van der Waals surface area contributed by atoms with Gasteiger partial charge in [0.1, 0.15) is 11.4 Å². The van der Waals surface area contributed by atoms with Crippen molar-refractivity contribution in [3.63, 3.8) is 0 Å². The molecule has 0 aliphatic carbocycles. The molecule has 0 bridgehead atoms. The number of hydrogen-bond acceptors (Lipinski definition) is 5. The van der Waals surface area contributed by atoms with Crippen LogP contribution in [0.25, 0.3) is 0 Å². The fraction of sp³-hybridized carbons (Fsp3) is 0.250. The van der Waals surface area contributed by atoms with Crippen molar-refractivity contribution in [2.45, 2.75) is 24.4 Å². The molecule has 130 valence electrons. The smallest absolute Gasteiger partial charge is 0.336 e. The van der Waals surface area contributed by atoms with Crippen LogP contribution in [0.1, 0.15) is 27.6 Å². The Morgan fingerprint density at radius 3 is 2.40 bits per heavy atom. The quantitative estimate of drug-likeness (QED) is 0.675. The second-order valence-electron chi connectivity index (χ2n) is 5.68. The van der Waals surface area contributed by atoms with Crippen molar-refractivity contribution in [3.8, 4) is 0 Å². The highest BCUT2D eigenvalue weighted by Crippen LogP contribution is 2.39. The first-order valence-corrected chi connectivity index (χ1v) is 8.27. The largest absolute Gasteiger partial charge is 0.479 e. The van der Waals surface area contributed by atoms with Gasteiger partial charge in [-0.3, -0.25) is 9.59 Å². The number of nitrogens with one attached hydrogen (secondary N) is 1. The van der Waals surface area contributed by atoms with Crippen LogP contribution in [-0.4, -0.2) is 56.3 Å². The molecule has 2 unspecified atom stereocenters. The number of aromatic carboxylic acids is 1. The maximum atomic E-state index is 12.4. The monoisotopic (exact) mass is 362 g/mol. The summed E-state index contributed by atoms with van der Waals surface area (Å²) in [6.07, 6.45) is 0. The van der Waals surface area contributed by atoms with E-state index in [1.165, 1.54) is 40.9 Å². The van der Waals surface area contributed by atoms with Gasteiger partial charge in [0.25, 0.3) is 5.91 Å². The van der Waals surface area contributed by atoms with E-state index in [0.29, 0.717) is 5.57 Å². The number of carbonyl (C=O) groups excluding carboxylic acids is 2. The Bertz CT molecular complexity index is 821. The predicted octanol–water partition coefficient (Wildman–Crippen LogP) is 0.755. The number of nitrogens with zero attached hydrogens (tertiary/aromatic N) is 1. The Balaban J connectivity index is 1.80. The molecule has 3 atom stereocenters. The molecule has 25 heavy (non-hydrogen) atoms. The molecule has 9 heteroatoms. The third-order valence-electron chi connectivity index (χ3n) is 4.11. The Labute approximate surface area is 146 Å². The maximum absolute atomic E-state index is 12.4. The molecule has 1 aromatic rings. The molecular weight excluding hydrogens is 348 g/mol. The number of carboxylic acids is 2. The first-order valence-electron chi connectivity index (χ1n) is 7.33. The number of fused-ring (bicyclic) bond motifs is 1. The van der Waals surface area contributed by atoms with E-state index >= 15 is 0 Å². The minimum Gasteiger partial charge on any atom is -0.479 e. The van der Waals surface area contributed by atoms with Gasteiger partial charge in [-0.25, -0.2) is 9.59 Å². The lowest BCUT2D eigenvalue weighted by Crippen LogP contribution is -2.73. The summed E-state index contributed by atoms with van der Waals surface area (Å²) in [6, 6.07) is 3.74. The molecule has 8 nitrogen and oxygen atoms in total. The van der Waals surface area contributed by atoms with E-state index in [1.54, 1.807) is 12.3 Å². The summed E-state index contributed by atoms with van der Waals surface area (Å²) in [5.41, 5.74) is 0.325. The van der Waals surface area contributed by atoms with Crippen LogP contribution in [0.4, 0.5) is 0 Å². The third-order valence-corrected chi connectivity index (χ3v) is 5.39. The minimum absolute atomic E-state index is 0.0523. The van der Waals surface area contributed by atoms with Crippen molar-refractivity contribution < 1.29 is 29.4 Å². The Morgan fingerprint density at radius 1 is 1.16 bits per heavy atom.